The lowest BCUT2D eigenvalue weighted by Crippen LogP contribution is -2.20. The Labute approximate surface area is 358 Å². The molecule has 6 heteroatoms. The van der Waals surface area contributed by atoms with Crippen LogP contribution in [0.4, 0.5) is 0 Å². The Morgan fingerprint density at radius 1 is 0.290 bits per heavy atom. The van der Waals surface area contributed by atoms with Crippen molar-refractivity contribution < 1.29 is 28.7 Å². The second-order valence-corrected chi connectivity index (χ2v) is 15.3. The van der Waals surface area contributed by atoms with Gasteiger partial charge in [0, 0.05) is 44.5 Å². The van der Waals surface area contributed by atoms with Gasteiger partial charge < -0.3 is 9.47 Å². The molecule has 10 rings (SSSR count). The molecule has 0 aliphatic heterocycles. The zero-order valence-corrected chi connectivity index (χ0v) is 33.8. The van der Waals surface area contributed by atoms with E-state index in [1.165, 1.54) is 0 Å². The molecule has 0 radical (unpaired) electrons. The van der Waals surface area contributed by atoms with Gasteiger partial charge in [0.05, 0.1) is 14.2 Å². The molecule has 0 aromatic heterocycles. The van der Waals surface area contributed by atoms with Crippen LogP contribution in [-0.2, 0) is 0 Å². The van der Waals surface area contributed by atoms with E-state index < -0.39 is 0 Å². The number of rotatable bonds is 8. The number of carbonyl (C=O) groups is 4. The standard InChI is InChI=1S/C56H36O6/c1-61-41-25-19-37(20-26-41)52(38-21-27-42(62-2)28-22-38)51(35-15-11-33(12-16-35)39-23-29-47-49(31-39)55(59)45-9-5-3-7-43(45)53(47)57)36-17-13-34(14-18-36)40-24-30-48-50(32-40)56(60)46-10-6-4-8-44(46)54(48)58/h3-32H,1-2H3. The summed E-state index contributed by atoms with van der Waals surface area (Å²) in [6.45, 7) is 0. The summed E-state index contributed by atoms with van der Waals surface area (Å²) in [5.74, 6) is 0.853. The average Bonchev–Trinajstić information content (AvgIpc) is 3.34. The first kappa shape index (κ1) is 38.0. The molecule has 296 valence electrons. The lowest BCUT2D eigenvalue weighted by Gasteiger charge is -2.20. The van der Waals surface area contributed by atoms with Crippen molar-refractivity contribution in [1.29, 1.82) is 0 Å². The van der Waals surface area contributed by atoms with Gasteiger partial charge in [0.2, 0.25) is 0 Å². The number of carbonyl (C=O) groups excluding carboxylic acids is 4. The van der Waals surface area contributed by atoms with Gasteiger partial charge in [0.25, 0.3) is 0 Å². The number of fused-ring (bicyclic) bond motifs is 4. The number of hydrogen-bond donors (Lipinski definition) is 0. The molecule has 0 bridgehead atoms. The Kier molecular flexibility index (Phi) is 9.46. The van der Waals surface area contributed by atoms with Crippen molar-refractivity contribution in [2.24, 2.45) is 0 Å². The molecule has 0 unspecified atom stereocenters. The molecule has 0 atom stereocenters. The minimum atomic E-state index is -0.160. The van der Waals surface area contributed by atoms with Crippen LogP contribution in [0.15, 0.2) is 182 Å². The highest BCUT2D eigenvalue weighted by atomic mass is 16.5. The van der Waals surface area contributed by atoms with E-state index in [9.17, 15) is 19.2 Å². The van der Waals surface area contributed by atoms with Crippen LogP contribution in [0.3, 0.4) is 0 Å². The molecule has 62 heavy (non-hydrogen) atoms. The summed E-state index contributed by atoms with van der Waals surface area (Å²) in [6, 6.07) is 57.3. The Bertz CT molecular complexity index is 2960. The minimum absolute atomic E-state index is 0.150. The van der Waals surface area contributed by atoms with E-state index >= 15 is 0 Å². The molecule has 2 aliphatic carbocycles. The topological polar surface area (TPSA) is 86.7 Å². The summed E-state index contributed by atoms with van der Waals surface area (Å²) in [5, 5.41) is 0. The maximum absolute atomic E-state index is 13.6. The van der Waals surface area contributed by atoms with Crippen molar-refractivity contribution in [1.82, 2.24) is 0 Å². The largest absolute Gasteiger partial charge is 0.497 e. The molecule has 0 N–H and O–H groups in total. The van der Waals surface area contributed by atoms with Crippen molar-refractivity contribution in [3.05, 3.63) is 249 Å². The number of hydrogen-bond acceptors (Lipinski definition) is 6. The average molecular weight is 805 g/mol. The van der Waals surface area contributed by atoms with E-state index in [4.69, 9.17) is 9.47 Å². The fourth-order valence-electron chi connectivity index (χ4n) is 8.64. The fraction of sp³-hybridized carbons (Fsp3) is 0.0357. The maximum Gasteiger partial charge on any atom is 0.194 e. The molecule has 8 aromatic carbocycles. The van der Waals surface area contributed by atoms with Gasteiger partial charge in [-0.2, -0.15) is 0 Å². The molecule has 8 aromatic rings. The van der Waals surface area contributed by atoms with Crippen molar-refractivity contribution in [2.75, 3.05) is 14.2 Å². The highest BCUT2D eigenvalue weighted by Gasteiger charge is 2.31. The highest BCUT2D eigenvalue weighted by Crippen LogP contribution is 2.40. The van der Waals surface area contributed by atoms with E-state index in [0.29, 0.717) is 44.5 Å². The molecule has 0 amide bonds. The zero-order chi connectivity index (χ0) is 42.5. The molecule has 0 heterocycles. The van der Waals surface area contributed by atoms with Gasteiger partial charge in [0.15, 0.2) is 23.1 Å². The Hall–Kier alpha value is -8.22. The van der Waals surface area contributed by atoms with Gasteiger partial charge in [-0.05, 0) is 104 Å². The van der Waals surface area contributed by atoms with Gasteiger partial charge in [-0.15, -0.1) is 0 Å². The smallest absolute Gasteiger partial charge is 0.194 e. The summed E-state index contributed by atoms with van der Waals surface area (Å²) in [6.07, 6.45) is 0. The van der Waals surface area contributed by atoms with E-state index in [-0.39, 0.29) is 23.1 Å². The lowest BCUT2D eigenvalue weighted by molar-refractivity contribution is 0.0979. The predicted octanol–water partition coefficient (Wildman–Crippen LogP) is 11.6. The third kappa shape index (κ3) is 6.46. The minimum Gasteiger partial charge on any atom is -0.497 e. The van der Waals surface area contributed by atoms with Crippen LogP contribution >= 0.6 is 0 Å². The van der Waals surface area contributed by atoms with Crippen LogP contribution in [0.5, 0.6) is 11.5 Å². The Morgan fingerprint density at radius 2 is 0.548 bits per heavy atom. The van der Waals surface area contributed by atoms with Gasteiger partial charge in [-0.25, -0.2) is 0 Å². The third-order valence-corrected chi connectivity index (χ3v) is 11.9. The lowest BCUT2D eigenvalue weighted by atomic mass is 9.82. The first-order valence-electron chi connectivity index (χ1n) is 20.2. The molecular formula is C56H36O6. The van der Waals surface area contributed by atoms with Gasteiger partial charge in [-0.3, -0.25) is 19.2 Å². The predicted molar refractivity (Wildman–Crippen MR) is 241 cm³/mol. The number of ketones is 4. The van der Waals surface area contributed by atoms with Crippen LogP contribution in [0.25, 0.3) is 33.4 Å². The summed E-state index contributed by atoms with van der Waals surface area (Å²) < 4.78 is 11.1. The highest BCUT2D eigenvalue weighted by molar-refractivity contribution is 6.29. The Morgan fingerprint density at radius 3 is 0.855 bits per heavy atom. The normalized spacial score (nSPS) is 12.5. The molecule has 2 aliphatic rings. The molecule has 6 nitrogen and oxygen atoms in total. The Balaban J connectivity index is 1.09. The van der Waals surface area contributed by atoms with E-state index in [2.05, 4.69) is 24.3 Å². The quantitative estimate of drug-likeness (QED) is 0.142. The van der Waals surface area contributed by atoms with E-state index in [1.54, 1.807) is 74.9 Å². The van der Waals surface area contributed by atoms with Gasteiger partial charge in [-0.1, -0.05) is 133 Å². The maximum atomic E-state index is 13.6. The van der Waals surface area contributed by atoms with Crippen LogP contribution in [-0.4, -0.2) is 37.4 Å². The van der Waals surface area contributed by atoms with E-state index in [0.717, 1.165) is 67.2 Å². The van der Waals surface area contributed by atoms with Gasteiger partial charge in [0.1, 0.15) is 11.5 Å². The summed E-state index contributed by atoms with van der Waals surface area (Å²) in [7, 11) is 3.29. The van der Waals surface area contributed by atoms with Crippen molar-refractivity contribution >= 4 is 34.3 Å². The van der Waals surface area contributed by atoms with Gasteiger partial charge >= 0.3 is 0 Å². The summed E-state index contributed by atoms with van der Waals surface area (Å²) >= 11 is 0. The number of benzene rings is 8. The van der Waals surface area contributed by atoms with Crippen LogP contribution in [0.2, 0.25) is 0 Å². The SMILES string of the molecule is COc1ccc(C(=C(c2ccc(-c3ccc4c(c3)C(=O)c3ccccc3C4=O)cc2)c2ccc(-c3ccc4c(c3)C(=O)c3ccccc3C4=O)cc2)c2ccc(OC)cc2)cc1. The second-order valence-electron chi connectivity index (χ2n) is 15.3. The fourth-order valence-corrected chi connectivity index (χ4v) is 8.64. The first-order chi connectivity index (χ1) is 30.3. The monoisotopic (exact) mass is 804 g/mol. The molecule has 0 saturated carbocycles. The van der Waals surface area contributed by atoms with Crippen molar-refractivity contribution in [2.45, 2.75) is 0 Å². The number of ether oxygens (including phenoxy) is 2. The van der Waals surface area contributed by atoms with E-state index in [1.807, 2.05) is 97.1 Å². The first-order valence-corrected chi connectivity index (χ1v) is 20.2. The second kappa shape index (κ2) is 15.4. The molecule has 0 saturated heterocycles. The van der Waals surface area contributed by atoms with Crippen molar-refractivity contribution in [3.63, 3.8) is 0 Å². The van der Waals surface area contributed by atoms with Crippen molar-refractivity contribution in [3.8, 4) is 33.8 Å². The van der Waals surface area contributed by atoms with Crippen LogP contribution in [0.1, 0.15) is 85.9 Å². The molecule has 0 fully saturated rings. The zero-order valence-electron chi connectivity index (χ0n) is 33.8. The summed E-state index contributed by atoms with van der Waals surface area (Å²) in [5.41, 5.74) is 12.5. The summed E-state index contributed by atoms with van der Waals surface area (Å²) in [4.78, 5) is 53.9. The number of methoxy groups -OCH3 is 2. The third-order valence-electron chi connectivity index (χ3n) is 11.9. The van der Waals surface area contributed by atoms with Crippen LogP contribution in [0, 0.1) is 0 Å². The molecule has 0 spiro atoms. The molecular weight excluding hydrogens is 769 g/mol. The van der Waals surface area contributed by atoms with Crippen LogP contribution < -0.4 is 9.47 Å².